The normalized spacial score (nSPS) is 16.4. The van der Waals surface area contributed by atoms with Gasteiger partial charge in [-0.05, 0) is 41.5 Å². The molecule has 1 aliphatic heterocycles. The lowest BCUT2D eigenvalue weighted by Crippen LogP contribution is -2.46. The third kappa shape index (κ3) is 6.56. The van der Waals surface area contributed by atoms with E-state index in [1.165, 1.54) is 7.05 Å². The van der Waals surface area contributed by atoms with Crippen molar-refractivity contribution in [3.05, 3.63) is 11.6 Å². The fourth-order valence-corrected chi connectivity index (χ4v) is 2.01. The van der Waals surface area contributed by atoms with Gasteiger partial charge in [0.25, 0.3) is 11.8 Å². The quantitative estimate of drug-likeness (QED) is 0.607. The average molecular weight is 354 g/mol. The van der Waals surface area contributed by atoms with Crippen LogP contribution in [0.15, 0.2) is 11.6 Å². The summed E-state index contributed by atoms with van der Waals surface area (Å²) in [4.78, 5) is 48.9. The van der Waals surface area contributed by atoms with Crippen LogP contribution in [0.1, 0.15) is 48.0 Å². The number of alkyl carbamates (subject to hydrolysis) is 1. The first-order valence-electron chi connectivity index (χ1n) is 7.94. The van der Waals surface area contributed by atoms with Crippen LogP contribution < -0.4 is 5.32 Å². The van der Waals surface area contributed by atoms with Gasteiger partial charge in [0.2, 0.25) is 0 Å². The fourth-order valence-electron chi connectivity index (χ4n) is 2.01. The lowest BCUT2D eigenvalue weighted by molar-refractivity contribution is -0.157. The predicted molar refractivity (Wildman–Crippen MR) is 89.5 cm³/mol. The molecule has 3 amide bonds. The SMILES string of the molecule is CN1C(=O)C=C(C[C@H](NC(=O)OC(C)(C)C)C(=O)OC(C)(C)C)C1=O. The number of carbonyl (C=O) groups excluding carboxylic acids is 4. The molecule has 0 radical (unpaired) electrons. The molecule has 0 aromatic rings. The summed E-state index contributed by atoms with van der Waals surface area (Å²) in [5, 5.41) is 2.41. The number of hydrogen-bond acceptors (Lipinski definition) is 6. The van der Waals surface area contributed by atoms with E-state index in [2.05, 4.69) is 5.32 Å². The number of carbonyl (C=O) groups is 4. The van der Waals surface area contributed by atoms with E-state index in [1.54, 1.807) is 41.5 Å². The van der Waals surface area contributed by atoms with E-state index >= 15 is 0 Å². The Morgan fingerprint density at radius 3 is 2.00 bits per heavy atom. The van der Waals surface area contributed by atoms with Crippen molar-refractivity contribution in [2.75, 3.05) is 7.05 Å². The maximum atomic E-state index is 12.4. The maximum Gasteiger partial charge on any atom is 0.408 e. The van der Waals surface area contributed by atoms with Gasteiger partial charge in [-0.3, -0.25) is 14.5 Å². The molecule has 25 heavy (non-hydrogen) atoms. The second kappa shape index (κ2) is 7.25. The molecule has 1 N–H and O–H groups in total. The van der Waals surface area contributed by atoms with Gasteiger partial charge in [-0.2, -0.15) is 0 Å². The minimum atomic E-state index is -1.15. The van der Waals surface area contributed by atoms with Crippen LogP contribution in [-0.2, 0) is 23.9 Å². The Bertz CT molecular complexity index is 610. The highest BCUT2D eigenvalue weighted by Gasteiger charge is 2.34. The number of amides is 3. The van der Waals surface area contributed by atoms with Gasteiger partial charge < -0.3 is 14.8 Å². The Morgan fingerprint density at radius 2 is 1.60 bits per heavy atom. The first-order chi connectivity index (χ1) is 11.2. The molecule has 0 unspecified atom stereocenters. The highest BCUT2D eigenvalue weighted by atomic mass is 16.6. The topological polar surface area (TPSA) is 102 Å². The summed E-state index contributed by atoms with van der Waals surface area (Å²) in [5.41, 5.74) is -1.40. The standard InChI is InChI=1S/C17H26N2O6/c1-16(2,3)24-14(22)11(18-15(23)25-17(4,5)6)8-10-9-12(20)19(7)13(10)21/h9,11H,8H2,1-7H3,(H,18,23)/t11-/m0/s1. The van der Waals surface area contributed by atoms with Crippen LogP contribution in [-0.4, -0.2) is 53.1 Å². The fraction of sp³-hybridized carbons (Fsp3) is 0.647. The smallest absolute Gasteiger partial charge is 0.408 e. The van der Waals surface area contributed by atoms with Crippen LogP contribution in [0.5, 0.6) is 0 Å². The number of nitrogens with one attached hydrogen (secondary N) is 1. The van der Waals surface area contributed by atoms with E-state index in [4.69, 9.17) is 9.47 Å². The predicted octanol–water partition coefficient (Wildman–Crippen LogP) is 1.54. The Morgan fingerprint density at radius 1 is 1.08 bits per heavy atom. The van der Waals surface area contributed by atoms with Crippen LogP contribution in [0.4, 0.5) is 4.79 Å². The van der Waals surface area contributed by atoms with Crippen molar-refractivity contribution in [3.8, 4) is 0 Å². The third-order valence-electron chi connectivity index (χ3n) is 3.01. The zero-order chi connectivity index (χ0) is 19.6. The number of rotatable bonds is 4. The molecule has 0 fully saturated rings. The van der Waals surface area contributed by atoms with E-state index in [0.717, 1.165) is 11.0 Å². The molecule has 8 nitrogen and oxygen atoms in total. The van der Waals surface area contributed by atoms with Crippen molar-refractivity contribution in [3.63, 3.8) is 0 Å². The van der Waals surface area contributed by atoms with Gasteiger partial charge in [-0.25, -0.2) is 9.59 Å². The molecule has 1 aliphatic rings. The van der Waals surface area contributed by atoms with Crippen molar-refractivity contribution in [1.29, 1.82) is 0 Å². The van der Waals surface area contributed by atoms with Gasteiger partial charge >= 0.3 is 12.1 Å². The molecule has 0 aliphatic carbocycles. The van der Waals surface area contributed by atoms with Gasteiger partial charge in [-0.1, -0.05) is 0 Å². The zero-order valence-corrected chi connectivity index (χ0v) is 15.8. The molecule has 8 heteroatoms. The number of nitrogens with zero attached hydrogens (tertiary/aromatic N) is 1. The van der Waals surface area contributed by atoms with E-state index in [1.807, 2.05) is 0 Å². The summed E-state index contributed by atoms with van der Waals surface area (Å²) >= 11 is 0. The summed E-state index contributed by atoms with van der Waals surface area (Å²) in [6, 6.07) is -1.15. The van der Waals surface area contributed by atoms with Crippen molar-refractivity contribution < 1.29 is 28.7 Å². The highest BCUT2D eigenvalue weighted by Crippen LogP contribution is 2.19. The molecule has 0 saturated heterocycles. The van der Waals surface area contributed by atoms with Crippen molar-refractivity contribution in [2.24, 2.45) is 0 Å². The van der Waals surface area contributed by atoms with Gasteiger partial charge in [0.05, 0.1) is 0 Å². The van der Waals surface area contributed by atoms with Crippen molar-refractivity contribution in [2.45, 2.75) is 65.2 Å². The van der Waals surface area contributed by atoms with Crippen LogP contribution in [0.25, 0.3) is 0 Å². The number of likely N-dealkylation sites (N-methyl/N-ethyl adjacent to an activating group) is 1. The lowest BCUT2D eigenvalue weighted by atomic mass is 10.1. The molecule has 1 atom stereocenters. The van der Waals surface area contributed by atoms with E-state index in [0.29, 0.717) is 0 Å². The summed E-state index contributed by atoms with van der Waals surface area (Å²) in [6.07, 6.45) is 0.175. The Balaban J connectivity index is 2.94. The van der Waals surface area contributed by atoms with Crippen molar-refractivity contribution >= 4 is 23.9 Å². The monoisotopic (exact) mass is 354 g/mol. The highest BCUT2D eigenvalue weighted by molar-refractivity contribution is 6.16. The molecular formula is C17H26N2O6. The summed E-state index contributed by atoms with van der Waals surface area (Å²) in [6.45, 7) is 10.1. The summed E-state index contributed by atoms with van der Waals surface area (Å²) in [5.74, 6) is -1.70. The van der Waals surface area contributed by atoms with Gasteiger partial charge in [0.1, 0.15) is 17.2 Å². The van der Waals surface area contributed by atoms with Gasteiger partial charge in [0.15, 0.2) is 0 Å². The molecule has 140 valence electrons. The number of imide groups is 1. The van der Waals surface area contributed by atoms with Crippen molar-refractivity contribution in [1.82, 2.24) is 10.2 Å². The summed E-state index contributed by atoms with van der Waals surface area (Å²) < 4.78 is 10.4. The molecule has 0 aromatic carbocycles. The second-order valence-corrected chi connectivity index (χ2v) is 7.81. The van der Waals surface area contributed by atoms with Crippen LogP contribution >= 0.6 is 0 Å². The van der Waals surface area contributed by atoms with Crippen LogP contribution in [0.2, 0.25) is 0 Å². The van der Waals surface area contributed by atoms with Crippen LogP contribution in [0, 0.1) is 0 Å². The lowest BCUT2D eigenvalue weighted by Gasteiger charge is -2.26. The third-order valence-corrected chi connectivity index (χ3v) is 3.01. The molecule has 0 spiro atoms. The number of esters is 1. The Labute approximate surface area is 147 Å². The van der Waals surface area contributed by atoms with Gasteiger partial charge in [0, 0.05) is 25.1 Å². The van der Waals surface area contributed by atoms with Crippen LogP contribution in [0.3, 0.4) is 0 Å². The first-order valence-corrected chi connectivity index (χ1v) is 7.94. The van der Waals surface area contributed by atoms with E-state index < -0.39 is 41.1 Å². The van der Waals surface area contributed by atoms with E-state index in [-0.39, 0.29) is 12.0 Å². The Kier molecular flexibility index (Phi) is 5.99. The molecule has 1 heterocycles. The maximum absolute atomic E-state index is 12.4. The Hall–Kier alpha value is -2.38. The molecule has 0 aromatic heterocycles. The minimum absolute atomic E-state index is 0.124. The number of ether oxygens (including phenoxy) is 2. The number of hydrogen-bond donors (Lipinski definition) is 1. The van der Waals surface area contributed by atoms with E-state index in [9.17, 15) is 19.2 Å². The molecule has 0 saturated carbocycles. The molecule has 0 bridgehead atoms. The zero-order valence-electron chi connectivity index (χ0n) is 15.8. The largest absolute Gasteiger partial charge is 0.458 e. The van der Waals surface area contributed by atoms with Gasteiger partial charge in [-0.15, -0.1) is 0 Å². The second-order valence-electron chi connectivity index (χ2n) is 7.81. The summed E-state index contributed by atoms with van der Waals surface area (Å²) in [7, 11) is 1.35. The molecular weight excluding hydrogens is 328 g/mol. The molecule has 1 rings (SSSR count). The minimum Gasteiger partial charge on any atom is -0.458 e. The first kappa shape index (κ1) is 20.7. The average Bonchev–Trinajstić information content (AvgIpc) is 2.61.